The molecule has 1 amide bonds. The highest BCUT2D eigenvalue weighted by molar-refractivity contribution is 7.89. The number of piperidine rings is 1. The number of halogens is 1. The third-order valence-corrected chi connectivity index (χ3v) is 9.47. The van der Waals surface area contributed by atoms with E-state index in [1.807, 2.05) is 0 Å². The molecule has 1 aromatic carbocycles. The molecule has 33 heavy (non-hydrogen) atoms. The quantitative estimate of drug-likeness (QED) is 0.568. The van der Waals surface area contributed by atoms with Gasteiger partial charge < -0.3 is 9.64 Å². The van der Waals surface area contributed by atoms with Crippen LogP contribution < -0.4 is 0 Å². The number of amides is 1. The van der Waals surface area contributed by atoms with Crippen LogP contribution in [0.15, 0.2) is 29.2 Å². The molecule has 0 saturated carbocycles. The fourth-order valence-corrected chi connectivity index (χ4v) is 6.80. The summed E-state index contributed by atoms with van der Waals surface area (Å²) in [6.45, 7) is 8.69. The molecule has 0 atom stereocenters. The summed E-state index contributed by atoms with van der Waals surface area (Å²) in [6, 6.07) is 6.50. The average Bonchev–Trinajstić information content (AvgIpc) is 2.84. The van der Waals surface area contributed by atoms with Crippen LogP contribution in [0.4, 0.5) is 0 Å². The first-order valence-electron chi connectivity index (χ1n) is 12.0. The van der Waals surface area contributed by atoms with Gasteiger partial charge in [0, 0.05) is 39.3 Å². The summed E-state index contributed by atoms with van der Waals surface area (Å²) in [6.07, 6.45) is 3.51. The van der Waals surface area contributed by atoms with Crippen molar-refractivity contribution in [3.05, 3.63) is 29.3 Å². The highest BCUT2D eigenvalue weighted by Crippen LogP contribution is 2.25. The molecular weight excluding hydrogens is 464 g/mol. The first-order valence-corrected chi connectivity index (χ1v) is 13.8. The molecular formula is C23H35ClN4O4S. The van der Waals surface area contributed by atoms with Crippen molar-refractivity contribution in [1.82, 2.24) is 19.0 Å². The maximum absolute atomic E-state index is 12.9. The summed E-state index contributed by atoms with van der Waals surface area (Å²) >= 11 is 6.10. The zero-order valence-electron chi connectivity index (χ0n) is 19.2. The molecule has 3 aliphatic heterocycles. The summed E-state index contributed by atoms with van der Waals surface area (Å²) in [5.74, 6) is 0.828. The second-order valence-corrected chi connectivity index (χ2v) is 11.5. The lowest BCUT2D eigenvalue weighted by Crippen LogP contribution is -2.53. The van der Waals surface area contributed by atoms with E-state index in [0.29, 0.717) is 32.7 Å². The van der Waals surface area contributed by atoms with Crippen molar-refractivity contribution in [2.45, 2.75) is 24.2 Å². The number of likely N-dealkylation sites (tertiary alicyclic amines) is 1. The number of hydrogen-bond acceptors (Lipinski definition) is 6. The van der Waals surface area contributed by atoms with Crippen molar-refractivity contribution in [2.75, 3.05) is 78.7 Å². The fraction of sp³-hybridized carbons (Fsp3) is 0.696. The highest BCUT2D eigenvalue weighted by atomic mass is 35.5. The highest BCUT2D eigenvalue weighted by Gasteiger charge is 2.32. The van der Waals surface area contributed by atoms with Gasteiger partial charge in [0.15, 0.2) is 0 Å². The number of hydrogen-bond donors (Lipinski definition) is 0. The number of nitrogens with zero attached hydrogens (tertiary/aromatic N) is 4. The van der Waals surface area contributed by atoms with E-state index in [-0.39, 0.29) is 15.8 Å². The Balaban J connectivity index is 1.18. The maximum Gasteiger partial charge on any atom is 0.244 e. The normalized spacial score (nSPS) is 22.5. The predicted molar refractivity (Wildman–Crippen MR) is 128 cm³/mol. The summed E-state index contributed by atoms with van der Waals surface area (Å²) in [7, 11) is -3.65. The summed E-state index contributed by atoms with van der Waals surface area (Å²) in [4.78, 5) is 19.5. The molecule has 0 N–H and O–H groups in total. The number of rotatable bonds is 7. The van der Waals surface area contributed by atoms with Gasteiger partial charge in [0.25, 0.3) is 0 Å². The van der Waals surface area contributed by atoms with E-state index in [1.54, 1.807) is 23.1 Å². The molecule has 10 heteroatoms. The van der Waals surface area contributed by atoms with Crippen molar-refractivity contribution in [3.8, 4) is 0 Å². The molecule has 0 radical (unpaired) electrons. The van der Waals surface area contributed by atoms with E-state index in [2.05, 4.69) is 9.80 Å². The Morgan fingerprint density at radius 2 is 1.61 bits per heavy atom. The second kappa shape index (κ2) is 11.5. The van der Waals surface area contributed by atoms with E-state index in [4.69, 9.17) is 16.3 Å². The largest absolute Gasteiger partial charge is 0.379 e. The third-order valence-electron chi connectivity index (χ3n) is 7.07. The standard InChI is InChI=1S/C23H35ClN4O4S/c24-21-3-1-2-4-22(21)33(30,31)28-13-11-27(12-14-28)23(29)19-26-9-6-20(7-10-26)5-8-25-15-17-32-18-16-25/h1-4,20H,5-19H2. The molecule has 3 saturated heterocycles. The summed E-state index contributed by atoms with van der Waals surface area (Å²) in [5, 5.41) is 0.226. The molecule has 0 spiro atoms. The molecule has 184 valence electrons. The van der Waals surface area contributed by atoms with E-state index >= 15 is 0 Å². The van der Waals surface area contributed by atoms with Gasteiger partial charge in [-0.15, -0.1) is 0 Å². The van der Waals surface area contributed by atoms with Crippen LogP contribution in [0.25, 0.3) is 0 Å². The number of piperazine rings is 1. The third kappa shape index (κ3) is 6.46. The Morgan fingerprint density at radius 3 is 2.27 bits per heavy atom. The fourth-order valence-electron chi connectivity index (χ4n) is 4.89. The Kier molecular flexibility index (Phi) is 8.64. The predicted octanol–water partition coefficient (Wildman–Crippen LogP) is 1.61. The molecule has 1 aromatic rings. The summed E-state index contributed by atoms with van der Waals surface area (Å²) < 4.78 is 32.7. The number of carbonyl (C=O) groups is 1. The van der Waals surface area contributed by atoms with Gasteiger partial charge in [-0.3, -0.25) is 14.6 Å². The smallest absolute Gasteiger partial charge is 0.244 e. The number of morpholine rings is 1. The molecule has 8 nitrogen and oxygen atoms in total. The van der Waals surface area contributed by atoms with E-state index in [0.717, 1.165) is 64.7 Å². The van der Waals surface area contributed by atoms with Crippen LogP contribution in [0.2, 0.25) is 5.02 Å². The van der Waals surface area contributed by atoms with E-state index in [1.165, 1.54) is 16.8 Å². The molecule has 0 bridgehead atoms. The van der Waals surface area contributed by atoms with Crippen LogP contribution in [-0.2, 0) is 19.6 Å². The number of carbonyl (C=O) groups excluding carboxylic acids is 1. The minimum absolute atomic E-state index is 0.0940. The van der Waals surface area contributed by atoms with Gasteiger partial charge in [0.2, 0.25) is 15.9 Å². The van der Waals surface area contributed by atoms with Gasteiger partial charge in [-0.2, -0.15) is 4.31 Å². The number of sulfonamides is 1. The molecule has 0 aromatic heterocycles. The van der Waals surface area contributed by atoms with Crippen LogP contribution in [0, 0.1) is 5.92 Å². The van der Waals surface area contributed by atoms with Gasteiger partial charge in [-0.25, -0.2) is 8.42 Å². The van der Waals surface area contributed by atoms with Gasteiger partial charge >= 0.3 is 0 Å². The van der Waals surface area contributed by atoms with E-state index < -0.39 is 10.0 Å². The summed E-state index contributed by atoms with van der Waals surface area (Å²) in [5.41, 5.74) is 0. The molecule has 0 aliphatic carbocycles. The monoisotopic (exact) mass is 498 g/mol. The Hall–Kier alpha value is -1.23. The van der Waals surface area contributed by atoms with Gasteiger partial charge in [0.05, 0.1) is 24.8 Å². The van der Waals surface area contributed by atoms with Crippen LogP contribution in [0.3, 0.4) is 0 Å². The number of ether oxygens (including phenoxy) is 1. The van der Waals surface area contributed by atoms with Crippen LogP contribution in [-0.4, -0.2) is 112 Å². The van der Waals surface area contributed by atoms with Gasteiger partial charge in [0.1, 0.15) is 4.90 Å². The van der Waals surface area contributed by atoms with Gasteiger partial charge in [-0.05, 0) is 56.9 Å². The first kappa shape index (κ1) is 24.9. The minimum atomic E-state index is -3.65. The van der Waals surface area contributed by atoms with Crippen molar-refractivity contribution < 1.29 is 17.9 Å². The average molecular weight is 499 g/mol. The first-order chi connectivity index (χ1) is 15.9. The van der Waals surface area contributed by atoms with Crippen LogP contribution in [0.1, 0.15) is 19.3 Å². The lowest BCUT2D eigenvalue weighted by atomic mass is 9.93. The second-order valence-electron chi connectivity index (χ2n) is 9.18. The SMILES string of the molecule is O=C(CN1CCC(CCN2CCOCC2)CC1)N1CCN(S(=O)(=O)c2ccccc2Cl)CC1. The minimum Gasteiger partial charge on any atom is -0.379 e. The maximum atomic E-state index is 12.9. The molecule has 3 fully saturated rings. The molecule has 3 heterocycles. The van der Waals surface area contributed by atoms with Crippen LogP contribution in [0.5, 0.6) is 0 Å². The van der Waals surface area contributed by atoms with Gasteiger partial charge in [-0.1, -0.05) is 23.7 Å². The Bertz CT molecular complexity index is 893. The Morgan fingerprint density at radius 1 is 0.939 bits per heavy atom. The van der Waals surface area contributed by atoms with Crippen molar-refractivity contribution >= 4 is 27.5 Å². The van der Waals surface area contributed by atoms with E-state index in [9.17, 15) is 13.2 Å². The number of benzene rings is 1. The zero-order valence-corrected chi connectivity index (χ0v) is 20.8. The lowest BCUT2D eigenvalue weighted by molar-refractivity contribution is -0.134. The zero-order chi connectivity index (χ0) is 23.3. The molecule has 0 unspecified atom stereocenters. The topological polar surface area (TPSA) is 73.4 Å². The molecule has 4 rings (SSSR count). The Labute approximate surface area is 202 Å². The van der Waals surface area contributed by atoms with Crippen molar-refractivity contribution in [1.29, 1.82) is 0 Å². The lowest BCUT2D eigenvalue weighted by Gasteiger charge is -2.37. The van der Waals surface area contributed by atoms with Crippen molar-refractivity contribution in [3.63, 3.8) is 0 Å². The van der Waals surface area contributed by atoms with Crippen molar-refractivity contribution in [2.24, 2.45) is 5.92 Å². The molecule has 3 aliphatic rings. The van der Waals surface area contributed by atoms with Crippen LogP contribution >= 0.6 is 11.6 Å².